The summed E-state index contributed by atoms with van der Waals surface area (Å²) < 4.78 is 15.3. The van der Waals surface area contributed by atoms with Gasteiger partial charge in [-0.15, -0.1) is 5.10 Å². The maximum Gasteiger partial charge on any atom is 0.202 e. The Bertz CT molecular complexity index is 962. The molecule has 3 aromatic rings. The minimum Gasteiger partial charge on any atom is -0.497 e. The molecule has 0 radical (unpaired) electrons. The van der Waals surface area contributed by atoms with Gasteiger partial charge in [-0.3, -0.25) is 0 Å². The third-order valence-electron chi connectivity index (χ3n) is 4.55. The first-order valence-corrected chi connectivity index (χ1v) is 9.74. The molecule has 0 saturated heterocycles. The number of methoxy groups -OCH3 is 1. The van der Waals surface area contributed by atoms with Crippen LogP contribution in [0.2, 0.25) is 0 Å². The van der Waals surface area contributed by atoms with Crippen molar-refractivity contribution in [2.75, 3.05) is 20.8 Å². The number of nitrogens with zero attached hydrogens (tertiary/aromatic N) is 3. The van der Waals surface area contributed by atoms with E-state index in [2.05, 4.69) is 19.2 Å². The lowest BCUT2D eigenvalue weighted by Gasteiger charge is -2.14. The van der Waals surface area contributed by atoms with E-state index in [0.29, 0.717) is 18.0 Å². The summed E-state index contributed by atoms with van der Waals surface area (Å²) in [5, 5.41) is 4.75. The molecule has 3 rings (SSSR count). The Balaban J connectivity index is 1.72. The molecule has 1 atom stereocenters. The van der Waals surface area contributed by atoms with E-state index in [1.807, 2.05) is 59.6 Å². The van der Waals surface area contributed by atoms with E-state index in [9.17, 15) is 0 Å². The highest BCUT2D eigenvalue weighted by atomic mass is 32.1. The van der Waals surface area contributed by atoms with Gasteiger partial charge in [-0.25, -0.2) is 0 Å². The SMILES string of the molecule is CCOc1ccc(C[NH+](C)Cn2nc(-c3ccc(OC)cc3)n(C)c2=S)cc1. The van der Waals surface area contributed by atoms with Crippen molar-refractivity contribution in [1.29, 1.82) is 0 Å². The van der Waals surface area contributed by atoms with E-state index >= 15 is 0 Å². The summed E-state index contributed by atoms with van der Waals surface area (Å²) in [6, 6.07) is 16.1. The molecule has 0 bridgehead atoms. The average Bonchev–Trinajstić information content (AvgIpc) is 2.98. The zero-order chi connectivity index (χ0) is 20.1. The van der Waals surface area contributed by atoms with Gasteiger partial charge in [0.15, 0.2) is 12.5 Å². The molecule has 1 N–H and O–H groups in total. The molecule has 0 aliphatic rings. The molecule has 1 heterocycles. The largest absolute Gasteiger partial charge is 0.497 e. The molecule has 0 fully saturated rings. The lowest BCUT2D eigenvalue weighted by Crippen LogP contribution is -3.07. The fourth-order valence-electron chi connectivity index (χ4n) is 3.11. The second-order valence-corrected chi connectivity index (χ2v) is 7.13. The van der Waals surface area contributed by atoms with Crippen molar-refractivity contribution in [3.8, 4) is 22.9 Å². The maximum absolute atomic E-state index is 5.60. The van der Waals surface area contributed by atoms with Crippen LogP contribution in [-0.4, -0.2) is 35.1 Å². The molecule has 1 unspecified atom stereocenters. The van der Waals surface area contributed by atoms with Crippen molar-refractivity contribution in [2.24, 2.45) is 7.05 Å². The normalized spacial score (nSPS) is 12.0. The lowest BCUT2D eigenvalue weighted by atomic mass is 10.2. The Hall–Kier alpha value is -2.64. The summed E-state index contributed by atoms with van der Waals surface area (Å²) in [7, 11) is 5.75. The van der Waals surface area contributed by atoms with Crippen LogP contribution in [0.3, 0.4) is 0 Å². The summed E-state index contributed by atoms with van der Waals surface area (Å²) in [5.74, 6) is 2.57. The third kappa shape index (κ3) is 4.61. The highest BCUT2D eigenvalue weighted by Crippen LogP contribution is 2.20. The highest BCUT2D eigenvalue weighted by Gasteiger charge is 2.13. The second-order valence-electron chi connectivity index (χ2n) is 6.76. The molecule has 6 nitrogen and oxygen atoms in total. The fourth-order valence-corrected chi connectivity index (χ4v) is 3.30. The molecule has 28 heavy (non-hydrogen) atoms. The van der Waals surface area contributed by atoms with Crippen LogP contribution in [0.4, 0.5) is 0 Å². The van der Waals surface area contributed by atoms with E-state index in [1.54, 1.807) is 7.11 Å². The van der Waals surface area contributed by atoms with E-state index < -0.39 is 0 Å². The van der Waals surface area contributed by atoms with E-state index in [-0.39, 0.29) is 0 Å². The van der Waals surface area contributed by atoms with E-state index in [4.69, 9.17) is 26.8 Å². The van der Waals surface area contributed by atoms with Crippen LogP contribution in [0, 0.1) is 4.77 Å². The molecule has 0 aliphatic carbocycles. The van der Waals surface area contributed by atoms with Gasteiger partial charge in [0.1, 0.15) is 18.0 Å². The number of ether oxygens (including phenoxy) is 2. The van der Waals surface area contributed by atoms with E-state index in [0.717, 1.165) is 29.4 Å². The summed E-state index contributed by atoms with van der Waals surface area (Å²) in [4.78, 5) is 1.29. The highest BCUT2D eigenvalue weighted by molar-refractivity contribution is 7.71. The fraction of sp³-hybridized carbons (Fsp3) is 0.333. The van der Waals surface area contributed by atoms with Crippen LogP contribution in [-0.2, 0) is 20.3 Å². The van der Waals surface area contributed by atoms with Gasteiger partial charge < -0.3 is 18.9 Å². The van der Waals surface area contributed by atoms with Gasteiger partial charge in [-0.1, -0.05) is 0 Å². The summed E-state index contributed by atoms with van der Waals surface area (Å²) in [6.07, 6.45) is 0. The van der Waals surface area contributed by atoms with Gasteiger partial charge in [-0.05, 0) is 67.7 Å². The van der Waals surface area contributed by atoms with Gasteiger partial charge in [0, 0.05) is 18.2 Å². The molecule has 2 aromatic carbocycles. The summed E-state index contributed by atoms with van der Waals surface area (Å²) in [6.45, 7) is 4.24. The molecular weight excluding hydrogens is 372 g/mol. The van der Waals surface area contributed by atoms with Crippen molar-refractivity contribution in [1.82, 2.24) is 14.3 Å². The molecule has 0 aliphatic heterocycles. The van der Waals surface area contributed by atoms with Crippen molar-refractivity contribution in [3.05, 3.63) is 58.9 Å². The van der Waals surface area contributed by atoms with E-state index in [1.165, 1.54) is 10.5 Å². The molecule has 0 saturated carbocycles. The van der Waals surface area contributed by atoms with Gasteiger partial charge in [0.2, 0.25) is 4.77 Å². The Morgan fingerprint density at radius 3 is 2.29 bits per heavy atom. The Kier molecular flexibility index (Phi) is 6.49. The zero-order valence-corrected chi connectivity index (χ0v) is 17.6. The zero-order valence-electron chi connectivity index (χ0n) is 16.8. The van der Waals surface area contributed by atoms with Crippen LogP contribution in [0.15, 0.2) is 48.5 Å². The monoisotopic (exact) mass is 399 g/mol. The van der Waals surface area contributed by atoms with Crippen molar-refractivity contribution in [3.63, 3.8) is 0 Å². The van der Waals surface area contributed by atoms with Gasteiger partial charge in [0.25, 0.3) is 0 Å². The quantitative estimate of drug-likeness (QED) is 0.592. The third-order valence-corrected chi connectivity index (χ3v) is 5.03. The van der Waals surface area contributed by atoms with Crippen LogP contribution in [0.1, 0.15) is 12.5 Å². The Labute approximate surface area is 170 Å². The molecular formula is C21H27N4O2S+. The molecule has 1 aromatic heterocycles. The average molecular weight is 400 g/mol. The van der Waals surface area contributed by atoms with Crippen molar-refractivity contribution in [2.45, 2.75) is 20.1 Å². The van der Waals surface area contributed by atoms with Gasteiger partial charge in [-0.2, -0.15) is 4.68 Å². The minimum atomic E-state index is 0.680. The summed E-state index contributed by atoms with van der Waals surface area (Å²) in [5.41, 5.74) is 2.26. The van der Waals surface area contributed by atoms with Crippen molar-refractivity contribution >= 4 is 12.2 Å². The molecule has 148 valence electrons. The predicted molar refractivity (Wildman–Crippen MR) is 112 cm³/mol. The maximum atomic E-state index is 5.60. The first-order valence-electron chi connectivity index (χ1n) is 9.33. The second kappa shape index (κ2) is 9.03. The number of benzene rings is 2. The number of hydrogen-bond acceptors (Lipinski definition) is 4. The van der Waals surface area contributed by atoms with Crippen molar-refractivity contribution < 1.29 is 14.4 Å². The predicted octanol–water partition coefficient (Wildman–Crippen LogP) is 2.70. The number of nitrogens with one attached hydrogen (secondary N) is 1. The molecule has 0 spiro atoms. The first-order chi connectivity index (χ1) is 13.5. The lowest BCUT2D eigenvalue weighted by molar-refractivity contribution is -0.917. The number of hydrogen-bond donors (Lipinski definition) is 1. The minimum absolute atomic E-state index is 0.680. The standard InChI is InChI=1S/C21H26N4O2S/c1-5-27-19-10-6-16(7-11-19)14-23(2)15-25-21(28)24(3)20(22-25)17-8-12-18(26-4)13-9-17/h6-13H,5,14-15H2,1-4H3/p+1. The van der Waals surface area contributed by atoms with Crippen LogP contribution in [0.5, 0.6) is 11.5 Å². The van der Waals surface area contributed by atoms with Crippen LogP contribution in [0.25, 0.3) is 11.4 Å². The summed E-state index contributed by atoms with van der Waals surface area (Å²) >= 11 is 5.60. The van der Waals surface area contributed by atoms with Crippen LogP contribution >= 0.6 is 12.2 Å². The number of quaternary nitrogens is 1. The topological polar surface area (TPSA) is 45.6 Å². The Morgan fingerprint density at radius 2 is 1.68 bits per heavy atom. The van der Waals surface area contributed by atoms with Gasteiger partial charge >= 0.3 is 0 Å². The van der Waals surface area contributed by atoms with Gasteiger partial charge in [0.05, 0.1) is 20.8 Å². The first kappa shape index (κ1) is 20.1. The number of aromatic nitrogens is 3. The number of rotatable bonds is 8. The van der Waals surface area contributed by atoms with Crippen LogP contribution < -0.4 is 14.4 Å². The molecule has 7 heteroatoms. The Morgan fingerprint density at radius 1 is 1.04 bits per heavy atom. The molecule has 0 amide bonds. The smallest absolute Gasteiger partial charge is 0.202 e.